The van der Waals surface area contributed by atoms with Crippen LogP contribution in [0, 0.1) is 5.92 Å². The van der Waals surface area contributed by atoms with Crippen molar-refractivity contribution in [1.82, 2.24) is 9.78 Å². The van der Waals surface area contributed by atoms with E-state index in [2.05, 4.69) is 5.10 Å². The lowest BCUT2D eigenvalue weighted by molar-refractivity contribution is 0.0314. The van der Waals surface area contributed by atoms with Crippen molar-refractivity contribution < 1.29 is 9.53 Å². The van der Waals surface area contributed by atoms with Crippen molar-refractivity contribution in [2.75, 3.05) is 7.11 Å². The maximum atomic E-state index is 12.4. The summed E-state index contributed by atoms with van der Waals surface area (Å²) in [5, 5.41) is 4.16. The number of aryl methyl sites for hydroxylation is 1. The predicted molar refractivity (Wildman–Crippen MR) is 69.6 cm³/mol. The molecule has 1 saturated carbocycles. The van der Waals surface area contributed by atoms with Crippen molar-refractivity contribution in [3.05, 3.63) is 18.0 Å². The number of hydrogen-bond acceptors (Lipinski definition) is 3. The standard InChI is InChI=1S/C14H22N2O2/c1-3-16-10-12(9-15-16)13(17)14(18-2)11-7-5-4-6-8-11/h9-11,14H,3-8H2,1-2H3. The first-order chi connectivity index (χ1) is 8.76. The number of ether oxygens (including phenoxy) is 1. The van der Waals surface area contributed by atoms with Crippen LogP contribution in [-0.4, -0.2) is 28.8 Å². The Balaban J connectivity index is 2.08. The fraction of sp³-hybridized carbons (Fsp3) is 0.714. The van der Waals surface area contributed by atoms with E-state index >= 15 is 0 Å². The molecule has 1 aliphatic carbocycles. The maximum Gasteiger partial charge on any atom is 0.194 e. The van der Waals surface area contributed by atoms with E-state index in [9.17, 15) is 4.79 Å². The van der Waals surface area contributed by atoms with Gasteiger partial charge in [-0.1, -0.05) is 19.3 Å². The molecule has 0 aromatic carbocycles. The molecule has 0 spiro atoms. The Hall–Kier alpha value is -1.16. The molecular weight excluding hydrogens is 228 g/mol. The molecular formula is C14H22N2O2. The van der Waals surface area contributed by atoms with Gasteiger partial charge in [-0.3, -0.25) is 9.48 Å². The molecule has 100 valence electrons. The second-order valence-corrected chi connectivity index (χ2v) is 5.00. The molecule has 0 amide bonds. The van der Waals surface area contributed by atoms with E-state index in [1.807, 2.05) is 13.1 Å². The molecule has 0 bridgehead atoms. The van der Waals surface area contributed by atoms with Crippen LogP contribution in [0.25, 0.3) is 0 Å². The average molecular weight is 250 g/mol. The Labute approximate surface area is 108 Å². The van der Waals surface area contributed by atoms with Gasteiger partial charge >= 0.3 is 0 Å². The lowest BCUT2D eigenvalue weighted by atomic mass is 9.83. The zero-order valence-corrected chi connectivity index (χ0v) is 11.3. The summed E-state index contributed by atoms with van der Waals surface area (Å²) in [6.45, 7) is 2.80. The highest BCUT2D eigenvalue weighted by molar-refractivity contribution is 5.99. The van der Waals surface area contributed by atoms with E-state index in [1.165, 1.54) is 19.3 Å². The highest BCUT2D eigenvalue weighted by atomic mass is 16.5. The number of ketones is 1. The molecule has 0 saturated heterocycles. The molecule has 1 atom stereocenters. The normalized spacial score (nSPS) is 18.8. The first kappa shape index (κ1) is 13.3. The van der Waals surface area contributed by atoms with Crippen molar-refractivity contribution in [1.29, 1.82) is 0 Å². The highest BCUT2D eigenvalue weighted by Crippen LogP contribution is 2.29. The van der Waals surface area contributed by atoms with Crippen LogP contribution in [0.4, 0.5) is 0 Å². The van der Waals surface area contributed by atoms with Crippen molar-refractivity contribution >= 4 is 5.78 Å². The van der Waals surface area contributed by atoms with E-state index in [0.717, 1.165) is 19.4 Å². The average Bonchev–Trinajstić information content (AvgIpc) is 2.89. The van der Waals surface area contributed by atoms with Crippen molar-refractivity contribution in [2.45, 2.75) is 51.7 Å². The largest absolute Gasteiger partial charge is 0.373 e. The summed E-state index contributed by atoms with van der Waals surface area (Å²) in [5.74, 6) is 0.463. The van der Waals surface area contributed by atoms with Gasteiger partial charge in [-0.2, -0.15) is 5.10 Å². The predicted octanol–water partition coefficient (Wildman–Crippen LogP) is 2.68. The third-order valence-corrected chi connectivity index (χ3v) is 3.83. The zero-order valence-electron chi connectivity index (χ0n) is 11.3. The molecule has 1 fully saturated rings. The fourth-order valence-corrected chi connectivity index (χ4v) is 2.78. The molecule has 0 N–H and O–H groups in total. The Kier molecular flexibility index (Phi) is 4.53. The van der Waals surface area contributed by atoms with Crippen LogP contribution >= 0.6 is 0 Å². The molecule has 1 unspecified atom stereocenters. The third-order valence-electron chi connectivity index (χ3n) is 3.83. The van der Waals surface area contributed by atoms with Gasteiger partial charge in [0.15, 0.2) is 5.78 Å². The molecule has 1 aromatic rings. The number of rotatable bonds is 5. The number of nitrogens with zero attached hydrogens (tertiary/aromatic N) is 2. The van der Waals surface area contributed by atoms with Gasteiger partial charge < -0.3 is 4.74 Å². The van der Waals surface area contributed by atoms with Crippen LogP contribution < -0.4 is 0 Å². The van der Waals surface area contributed by atoms with Crippen molar-refractivity contribution in [3.63, 3.8) is 0 Å². The van der Waals surface area contributed by atoms with Crippen molar-refractivity contribution in [3.8, 4) is 0 Å². The minimum Gasteiger partial charge on any atom is -0.373 e. The van der Waals surface area contributed by atoms with Crippen LogP contribution in [0.5, 0.6) is 0 Å². The smallest absolute Gasteiger partial charge is 0.194 e. The van der Waals surface area contributed by atoms with Gasteiger partial charge in [-0.05, 0) is 25.7 Å². The minimum absolute atomic E-state index is 0.0871. The summed E-state index contributed by atoms with van der Waals surface area (Å²) in [5.41, 5.74) is 0.675. The van der Waals surface area contributed by atoms with Gasteiger partial charge in [-0.25, -0.2) is 0 Å². The van der Waals surface area contributed by atoms with Crippen LogP contribution in [-0.2, 0) is 11.3 Å². The van der Waals surface area contributed by atoms with Gasteiger partial charge in [-0.15, -0.1) is 0 Å². The van der Waals surface area contributed by atoms with E-state index in [4.69, 9.17) is 4.74 Å². The lowest BCUT2D eigenvalue weighted by Gasteiger charge is -2.27. The first-order valence-electron chi connectivity index (χ1n) is 6.85. The first-order valence-corrected chi connectivity index (χ1v) is 6.85. The SMILES string of the molecule is CCn1cc(C(=O)C(OC)C2CCCCC2)cn1. The molecule has 18 heavy (non-hydrogen) atoms. The van der Waals surface area contributed by atoms with E-state index in [-0.39, 0.29) is 11.9 Å². The number of carbonyl (C=O) groups excluding carboxylic acids is 1. The molecule has 4 heteroatoms. The fourth-order valence-electron chi connectivity index (χ4n) is 2.78. The van der Waals surface area contributed by atoms with Crippen LogP contribution in [0.3, 0.4) is 0 Å². The third kappa shape index (κ3) is 2.80. The number of Topliss-reactive ketones (excluding diaryl/α,β-unsaturated/α-hetero) is 1. The molecule has 0 radical (unpaired) electrons. The Morgan fingerprint density at radius 2 is 2.22 bits per heavy atom. The molecule has 1 heterocycles. The van der Waals surface area contributed by atoms with Crippen LogP contribution in [0.2, 0.25) is 0 Å². The van der Waals surface area contributed by atoms with Gasteiger partial charge in [0.2, 0.25) is 0 Å². The number of methoxy groups -OCH3 is 1. The molecule has 1 aliphatic rings. The van der Waals surface area contributed by atoms with Crippen molar-refractivity contribution in [2.24, 2.45) is 5.92 Å². The molecule has 4 nitrogen and oxygen atoms in total. The summed E-state index contributed by atoms with van der Waals surface area (Å²) in [7, 11) is 1.64. The van der Waals surface area contributed by atoms with E-state index in [1.54, 1.807) is 18.0 Å². The Morgan fingerprint density at radius 3 is 2.78 bits per heavy atom. The molecule has 2 rings (SSSR count). The summed E-state index contributed by atoms with van der Waals surface area (Å²) in [6.07, 6.45) is 9.10. The van der Waals surface area contributed by atoms with E-state index in [0.29, 0.717) is 11.5 Å². The summed E-state index contributed by atoms with van der Waals surface area (Å²) in [4.78, 5) is 12.4. The van der Waals surface area contributed by atoms with Gasteiger partial charge in [0, 0.05) is 19.9 Å². The van der Waals surface area contributed by atoms with Gasteiger partial charge in [0.1, 0.15) is 6.10 Å². The monoisotopic (exact) mass is 250 g/mol. The zero-order chi connectivity index (χ0) is 13.0. The van der Waals surface area contributed by atoms with Gasteiger partial charge in [0.25, 0.3) is 0 Å². The molecule has 1 aromatic heterocycles. The summed E-state index contributed by atoms with van der Waals surface area (Å²) < 4.78 is 7.24. The number of carbonyl (C=O) groups is 1. The van der Waals surface area contributed by atoms with E-state index < -0.39 is 0 Å². The quantitative estimate of drug-likeness (QED) is 0.755. The number of aromatic nitrogens is 2. The number of hydrogen-bond donors (Lipinski definition) is 0. The summed E-state index contributed by atoms with van der Waals surface area (Å²) >= 11 is 0. The topological polar surface area (TPSA) is 44.1 Å². The summed E-state index contributed by atoms with van der Waals surface area (Å²) in [6, 6.07) is 0. The van der Waals surface area contributed by atoms with Crippen LogP contribution in [0.15, 0.2) is 12.4 Å². The second-order valence-electron chi connectivity index (χ2n) is 5.00. The van der Waals surface area contributed by atoms with Gasteiger partial charge in [0.05, 0.1) is 11.8 Å². The molecule has 0 aliphatic heterocycles. The Bertz CT molecular complexity index is 394. The lowest BCUT2D eigenvalue weighted by Crippen LogP contribution is -2.33. The Morgan fingerprint density at radius 1 is 1.50 bits per heavy atom. The highest BCUT2D eigenvalue weighted by Gasteiger charge is 2.30. The minimum atomic E-state index is -0.292. The maximum absolute atomic E-state index is 12.4. The second kappa shape index (κ2) is 6.14. The van der Waals surface area contributed by atoms with Crippen LogP contribution in [0.1, 0.15) is 49.4 Å².